The topological polar surface area (TPSA) is 41.6 Å². The zero-order chi connectivity index (χ0) is 13.5. The lowest BCUT2D eigenvalue weighted by Gasteiger charge is -2.39. The molecule has 0 aromatic heterocycles. The molecule has 1 saturated heterocycles. The van der Waals surface area contributed by atoms with Gasteiger partial charge >= 0.3 is 5.97 Å². The number of hydrogen-bond acceptors (Lipinski definition) is 4. The minimum absolute atomic E-state index is 0.131. The molecule has 1 rings (SSSR count). The molecule has 1 aliphatic heterocycles. The van der Waals surface area contributed by atoms with Crippen molar-refractivity contribution in [2.45, 2.75) is 39.7 Å². The minimum atomic E-state index is -0.131. The Hall–Kier alpha value is -0.610. The van der Waals surface area contributed by atoms with Crippen molar-refractivity contribution in [2.75, 3.05) is 33.3 Å². The van der Waals surface area contributed by atoms with Crippen molar-refractivity contribution >= 4 is 5.97 Å². The van der Waals surface area contributed by atoms with Gasteiger partial charge in [-0.2, -0.15) is 0 Å². The summed E-state index contributed by atoms with van der Waals surface area (Å²) in [6, 6.07) is 0.510. The second kappa shape index (κ2) is 7.74. The van der Waals surface area contributed by atoms with Crippen molar-refractivity contribution in [3.8, 4) is 0 Å². The average Bonchev–Trinajstić information content (AvgIpc) is 2.35. The molecule has 0 aromatic carbocycles. The third-order valence-electron chi connectivity index (χ3n) is 3.76. The Labute approximate surface area is 111 Å². The van der Waals surface area contributed by atoms with E-state index >= 15 is 0 Å². The van der Waals surface area contributed by atoms with Gasteiger partial charge in [0.1, 0.15) is 0 Å². The quantitative estimate of drug-likeness (QED) is 0.731. The molecule has 18 heavy (non-hydrogen) atoms. The molecule has 0 aromatic rings. The molecule has 1 N–H and O–H groups in total. The summed E-state index contributed by atoms with van der Waals surface area (Å²) >= 11 is 0. The molecule has 0 aliphatic carbocycles. The number of ether oxygens (including phenoxy) is 1. The number of carbonyl (C=O) groups excluding carboxylic acids is 1. The Morgan fingerprint density at radius 3 is 2.72 bits per heavy atom. The summed E-state index contributed by atoms with van der Waals surface area (Å²) in [4.78, 5) is 13.6. The van der Waals surface area contributed by atoms with Gasteiger partial charge in [-0.15, -0.1) is 0 Å². The maximum atomic E-state index is 11.4. The maximum Gasteiger partial charge on any atom is 0.319 e. The molecule has 1 heterocycles. The van der Waals surface area contributed by atoms with Gasteiger partial charge in [-0.1, -0.05) is 20.8 Å². The molecule has 1 fully saturated rings. The molecule has 0 spiro atoms. The summed E-state index contributed by atoms with van der Waals surface area (Å²) < 4.78 is 4.76. The van der Waals surface area contributed by atoms with E-state index in [0.29, 0.717) is 24.4 Å². The van der Waals surface area contributed by atoms with E-state index in [1.165, 1.54) is 13.5 Å². The summed E-state index contributed by atoms with van der Waals surface area (Å²) in [7, 11) is 1.46. The van der Waals surface area contributed by atoms with Crippen LogP contribution in [0.15, 0.2) is 0 Å². The highest BCUT2D eigenvalue weighted by Crippen LogP contribution is 2.23. The molecule has 4 heteroatoms. The van der Waals surface area contributed by atoms with Gasteiger partial charge in [0.05, 0.1) is 13.7 Å². The average molecular weight is 256 g/mol. The third kappa shape index (κ3) is 4.94. The molecule has 2 atom stereocenters. The highest BCUT2D eigenvalue weighted by atomic mass is 16.5. The number of piperidine rings is 1. The Kier molecular flexibility index (Phi) is 6.65. The maximum absolute atomic E-state index is 11.4. The SMILES string of the molecule is CCCNC1CC(C(C)C)CN(CC(=O)OC)C1. The first-order valence-corrected chi connectivity index (χ1v) is 7.09. The van der Waals surface area contributed by atoms with Crippen molar-refractivity contribution in [3.05, 3.63) is 0 Å². The van der Waals surface area contributed by atoms with E-state index in [0.717, 1.165) is 26.1 Å². The van der Waals surface area contributed by atoms with Crippen LogP contribution in [-0.2, 0) is 9.53 Å². The molecule has 0 bridgehead atoms. The van der Waals surface area contributed by atoms with Crippen LogP contribution >= 0.6 is 0 Å². The van der Waals surface area contributed by atoms with Crippen LogP contribution in [0.4, 0.5) is 0 Å². The Bertz CT molecular complexity index is 256. The zero-order valence-electron chi connectivity index (χ0n) is 12.2. The second-order valence-corrected chi connectivity index (χ2v) is 5.66. The Morgan fingerprint density at radius 1 is 1.44 bits per heavy atom. The monoisotopic (exact) mass is 256 g/mol. The van der Waals surface area contributed by atoms with Crippen LogP contribution in [0.3, 0.4) is 0 Å². The summed E-state index contributed by atoms with van der Waals surface area (Å²) in [5.74, 6) is 1.20. The van der Waals surface area contributed by atoms with E-state index in [-0.39, 0.29) is 5.97 Å². The predicted molar refractivity (Wildman–Crippen MR) is 73.5 cm³/mol. The first kappa shape index (κ1) is 15.4. The van der Waals surface area contributed by atoms with Gasteiger partial charge in [-0.25, -0.2) is 0 Å². The number of rotatable bonds is 6. The first-order valence-electron chi connectivity index (χ1n) is 7.09. The number of esters is 1. The molecule has 1 aliphatic rings. The fraction of sp³-hybridized carbons (Fsp3) is 0.929. The number of carbonyl (C=O) groups is 1. The van der Waals surface area contributed by atoms with Gasteiger partial charge < -0.3 is 10.1 Å². The van der Waals surface area contributed by atoms with Crippen LogP contribution in [0.1, 0.15) is 33.6 Å². The normalized spacial score (nSPS) is 25.4. The van der Waals surface area contributed by atoms with Gasteiger partial charge in [-0.05, 0) is 31.2 Å². The lowest BCUT2D eigenvalue weighted by molar-refractivity contribution is -0.142. The molecule has 106 valence electrons. The van der Waals surface area contributed by atoms with Crippen molar-refractivity contribution in [1.29, 1.82) is 0 Å². The van der Waals surface area contributed by atoms with Gasteiger partial charge in [-0.3, -0.25) is 9.69 Å². The van der Waals surface area contributed by atoms with Crippen molar-refractivity contribution in [1.82, 2.24) is 10.2 Å². The molecular weight excluding hydrogens is 228 g/mol. The lowest BCUT2D eigenvalue weighted by Crippen LogP contribution is -2.51. The molecule has 0 amide bonds. The third-order valence-corrected chi connectivity index (χ3v) is 3.76. The highest BCUT2D eigenvalue weighted by Gasteiger charge is 2.29. The zero-order valence-corrected chi connectivity index (χ0v) is 12.2. The van der Waals surface area contributed by atoms with E-state index < -0.39 is 0 Å². The smallest absolute Gasteiger partial charge is 0.319 e. The standard InChI is InChI=1S/C14H28N2O2/c1-5-6-15-13-7-12(11(2)3)8-16(9-13)10-14(17)18-4/h11-13,15H,5-10H2,1-4H3. The van der Waals surface area contributed by atoms with E-state index in [2.05, 4.69) is 31.0 Å². The van der Waals surface area contributed by atoms with E-state index in [9.17, 15) is 4.79 Å². The van der Waals surface area contributed by atoms with E-state index in [1.807, 2.05) is 0 Å². The number of methoxy groups -OCH3 is 1. The van der Waals surface area contributed by atoms with Crippen molar-refractivity contribution < 1.29 is 9.53 Å². The molecule has 4 nitrogen and oxygen atoms in total. The number of nitrogens with zero attached hydrogens (tertiary/aromatic N) is 1. The Morgan fingerprint density at radius 2 is 2.17 bits per heavy atom. The highest BCUT2D eigenvalue weighted by molar-refractivity contribution is 5.71. The summed E-state index contributed by atoms with van der Waals surface area (Å²) in [6.07, 6.45) is 2.37. The fourth-order valence-electron chi connectivity index (χ4n) is 2.59. The van der Waals surface area contributed by atoms with E-state index in [1.54, 1.807) is 0 Å². The van der Waals surface area contributed by atoms with Crippen LogP contribution in [0.5, 0.6) is 0 Å². The van der Waals surface area contributed by atoms with Crippen LogP contribution in [0.25, 0.3) is 0 Å². The number of likely N-dealkylation sites (tertiary alicyclic amines) is 1. The summed E-state index contributed by atoms with van der Waals surface area (Å²) in [5, 5.41) is 3.58. The minimum Gasteiger partial charge on any atom is -0.468 e. The largest absolute Gasteiger partial charge is 0.468 e. The second-order valence-electron chi connectivity index (χ2n) is 5.66. The predicted octanol–water partition coefficient (Wildman–Crippen LogP) is 1.51. The van der Waals surface area contributed by atoms with Crippen LogP contribution < -0.4 is 5.32 Å². The number of hydrogen-bond donors (Lipinski definition) is 1. The summed E-state index contributed by atoms with van der Waals surface area (Å²) in [6.45, 7) is 10.2. The molecule has 2 unspecified atom stereocenters. The molecule has 0 radical (unpaired) electrons. The molecular formula is C14H28N2O2. The van der Waals surface area contributed by atoms with Gasteiger partial charge in [0.15, 0.2) is 0 Å². The first-order chi connectivity index (χ1) is 8.56. The lowest BCUT2D eigenvalue weighted by atomic mass is 9.85. The van der Waals surface area contributed by atoms with E-state index in [4.69, 9.17) is 4.74 Å². The van der Waals surface area contributed by atoms with Crippen LogP contribution in [0, 0.1) is 11.8 Å². The van der Waals surface area contributed by atoms with Crippen LogP contribution in [-0.4, -0.2) is 50.2 Å². The Balaban J connectivity index is 2.53. The van der Waals surface area contributed by atoms with Gasteiger partial charge in [0, 0.05) is 19.1 Å². The number of nitrogens with one attached hydrogen (secondary N) is 1. The van der Waals surface area contributed by atoms with Crippen LogP contribution in [0.2, 0.25) is 0 Å². The molecule has 0 saturated carbocycles. The van der Waals surface area contributed by atoms with Crippen molar-refractivity contribution in [2.24, 2.45) is 11.8 Å². The van der Waals surface area contributed by atoms with Gasteiger partial charge in [0.25, 0.3) is 0 Å². The van der Waals surface area contributed by atoms with Gasteiger partial charge in [0.2, 0.25) is 0 Å². The summed E-state index contributed by atoms with van der Waals surface area (Å²) in [5.41, 5.74) is 0. The fourth-order valence-corrected chi connectivity index (χ4v) is 2.59. The van der Waals surface area contributed by atoms with Crippen molar-refractivity contribution in [3.63, 3.8) is 0 Å².